The summed E-state index contributed by atoms with van der Waals surface area (Å²) in [4.78, 5) is 0. The summed E-state index contributed by atoms with van der Waals surface area (Å²) >= 11 is 3.36. The zero-order valence-corrected chi connectivity index (χ0v) is 6.80. The maximum Gasteiger partial charge on any atom is 0.0915 e. The van der Waals surface area contributed by atoms with Crippen molar-refractivity contribution in [1.82, 2.24) is 0 Å². The van der Waals surface area contributed by atoms with Gasteiger partial charge in [-0.3, -0.25) is 0 Å². The highest BCUT2D eigenvalue weighted by atomic mass is 79.9. The minimum atomic E-state index is 0.739. The molecule has 50 valence electrons. The molecule has 1 aromatic carbocycles. The first-order valence-corrected chi connectivity index (χ1v) is 3.81. The molecule has 2 nitrogen and oxygen atoms in total. The van der Waals surface area contributed by atoms with Gasteiger partial charge in [0.1, 0.15) is 0 Å². The van der Waals surface area contributed by atoms with E-state index < -0.39 is 0 Å². The Bertz CT molecular complexity index is 294. The van der Waals surface area contributed by atoms with Gasteiger partial charge in [0.2, 0.25) is 0 Å². The largest absolute Gasteiger partial charge is 0.184 e. The van der Waals surface area contributed by atoms with Crippen LogP contribution in [0.3, 0.4) is 0 Å². The number of rotatable bonds is 0. The molecule has 0 unspecified atom stereocenters. The van der Waals surface area contributed by atoms with Crippen molar-refractivity contribution < 1.29 is 0 Å². The summed E-state index contributed by atoms with van der Waals surface area (Å²) in [5, 5.41) is 7.85. The van der Waals surface area contributed by atoms with Crippen LogP contribution >= 0.6 is 15.9 Å². The van der Waals surface area contributed by atoms with Crippen LogP contribution < -0.4 is 0 Å². The van der Waals surface area contributed by atoms with Crippen molar-refractivity contribution in [2.75, 3.05) is 0 Å². The molecule has 0 spiro atoms. The van der Waals surface area contributed by atoms with Gasteiger partial charge >= 0.3 is 0 Å². The maximum absolute atomic E-state index is 3.96. The molecule has 0 atom stereocenters. The van der Waals surface area contributed by atoms with E-state index in [2.05, 4.69) is 26.2 Å². The number of hydrogen-bond acceptors (Lipinski definition) is 2. The van der Waals surface area contributed by atoms with E-state index in [4.69, 9.17) is 0 Å². The standard InChI is InChI=1S/C7H5BrN2/c8-6-2-1-5-4-9-10-7(5)3-6/h1-3H,4H2. The summed E-state index contributed by atoms with van der Waals surface area (Å²) in [7, 11) is 0. The summed E-state index contributed by atoms with van der Waals surface area (Å²) in [6, 6.07) is 6.03. The third-order valence-corrected chi connectivity index (χ3v) is 1.96. The van der Waals surface area contributed by atoms with E-state index in [1.807, 2.05) is 18.2 Å². The van der Waals surface area contributed by atoms with Crippen LogP contribution in [0.2, 0.25) is 0 Å². The summed E-state index contributed by atoms with van der Waals surface area (Å²) in [5.41, 5.74) is 2.21. The number of benzene rings is 1. The number of nitrogens with zero attached hydrogens (tertiary/aromatic N) is 2. The van der Waals surface area contributed by atoms with Crippen LogP contribution in [0.25, 0.3) is 0 Å². The second kappa shape index (κ2) is 2.16. The van der Waals surface area contributed by atoms with Gasteiger partial charge in [-0.05, 0) is 12.1 Å². The van der Waals surface area contributed by atoms with Crippen molar-refractivity contribution in [1.29, 1.82) is 0 Å². The van der Waals surface area contributed by atoms with Gasteiger partial charge in [-0.15, -0.1) is 0 Å². The molecule has 0 saturated heterocycles. The van der Waals surface area contributed by atoms with Gasteiger partial charge in [0.05, 0.1) is 12.2 Å². The van der Waals surface area contributed by atoms with Gasteiger partial charge in [-0.25, -0.2) is 0 Å². The van der Waals surface area contributed by atoms with Crippen molar-refractivity contribution in [2.45, 2.75) is 6.54 Å². The van der Waals surface area contributed by atoms with Crippen LogP contribution in [0, 0.1) is 0 Å². The number of fused-ring (bicyclic) bond motifs is 1. The molecular weight excluding hydrogens is 192 g/mol. The molecule has 0 amide bonds. The molecule has 0 aromatic heterocycles. The van der Waals surface area contributed by atoms with Crippen molar-refractivity contribution in [3.63, 3.8) is 0 Å². The van der Waals surface area contributed by atoms with Crippen molar-refractivity contribution >= 4 is 21.6 Å². The Hall–Kier alpha value is -0.700. The molecule has 0 fully saturated rings. The Morgan fingerprint density at radius 3 is 3.20 bits per heavy atom. The molecule has 3 heteroatoms. The van der Waals surface area contributed by atoms with E-state index in [-0.39, 0.29) is 0 Å². The summed E-state index contributed by atoms with van der Waals surface area (Å²) in [5.74, 6) is 0. The van der Waals surface area contributed by atoms with E-state index in [0.29, 0.717) is 0 Å². The lowest BCUT2D eigenvalue weighted by Crippen LogP contribution is -1.73. The predicted octanol–water partition coefficient (Wildman–Crippen LogP) is 3.05. The Kier molecular flexibility index (Phi) is 1.31. The van der Waals surface area contributed by atoms with Crippen molar-refractivity contribution in [3.8, 4) is 0 Å². The molecular formula is C7H5BrN2. The molecule has 0 radical (unpaired) electrons. The highest BCUT2D eigenvalue weighted by molar-refractivity contribution is 9.10. The first-order valence-electron chi connectivity index (χ1n) is 3.02. The fourth-order valence-electron chi connectivity index (χ4n) is 0.952. The Morgan fingerprint density at radius 1 is 1.40 bits per heavy atom. The zero-order chi connectivity index (χ0) is 6.97. The summed E-state index contributed by atoms with van der Waals surface area (Å²) < 4.78 is 1.06. The molecule has 1 aliphatic rings. The smallest absolute Gasteiger partial charge is 0.0915 e. The second-order valence-electron chi connectivity index (χ2n) is 2.17. The third-order valence-electron chi connectivity index (χ3n) is 1.47. The van der Waals surface area contributed by atoms with Crippen LogP contribution in [0.1, 0.15) is 5.56 Å². The Balaban J connectivity index is 2.60. The molecule has 1 heterocycles. The average molecular weight is 197 g/mol. The molecule has 0 bridgehead atoms. The molecule has 0 aliphatic carbocycles. The third kappa shape index (κ3) is 0.865. The second-order valence-corrected chi connectivity index (χ2v) is 3.09. The Labute approximate surface area is 67.1 Å². The highest BCUT2D eigenvalue weighted by Crippen LogP contribution is 2.29. The van der Waals surface area contributed by atoms with Gasteiger partial charge in [0.15, 0.2) is 0 Å². The minimum absolute atomic E-state index is 0.739. The van der Waals surface area contributed by atoms with Crippen LogP contribution in [-0.4, -0.2) is 0 Å². The molecule has 0 N–H and O–H groups in total. The van der Waals surface area contributed by atoms with Gasteiger partial charge in [0, 0.05) is 10.0 Å². The number of hydrogen-bond donors (Lipinski definition) is 0. The predicted molar refractivity (Wildman–Crippen MR) is 42.4 cm³/mol. The quantitative estimate of drug-likeness (QED) is 0.610. The van der Waals surface area contributed by atoms with Crippen molar-refractivity contribution in [3.05, 3.63) is 28.2 Å². The van der Waals surface area contributed by atoms with E-state index >= 15 is 0 Å². The van der Waals surface area contributed by atoms with Crippen LogP contribution in [-0.2, 0) is 6.54 Å². The Morgan fingerprint density at radius 2 is 2.30 bits per heavy atom. The summed E-state index contributed by atoms with van der Waals surface area (Å²) in [6.07, 6.45) is 0. The maximum atomic E-state index is 3.96. The van der Waals surface area contributed by atoms with E-state index in [0.717, 1.165) is 16.7 Å². The topological polar surface area (TPSA) is 24.7 Å². The van der Waals surface area contributed by atoms with Crippen LogP contribution in [0.4, 0.5) is 5.69 Å². The van der Waals surface area contributed by atoms with Crippen LogP contribution in [0.15, 0.2) is 32.9 Å². The lowest BCUT2D eigenvalue weighted by Gasteiger charge is -1.93. The highest BCUT2D eigenvalue weighted by Gasteiger charge is 2.06. The SMILES string of the molecule is Brc1ccc2c(c1)N=NC2. The minimum Gasteiger partial charge on any atom is -0.184 e. The first-order chi connectivity index (χ1) is 4.86. The van der Waals surface area contributed by atoms with E-state index in [9.17, 15) is 0 Å². The van der Waals surface area contributed by atoms with Crippen LogP contribution in [0.5, 0.6) is 0 Å². The zero-order valence-electron chi connectivity index (χ0n) is 5.21. The fourth-order valence-corrected chi connectivity index (χ4v) is 1.30. The van der Waals surface area contributed by atoms with Gasteiger partial charge in [-0.2, -0.15) is 10.2 Å². The monoisotopic (exact) mass is 196 g/mol. The molecule has 0 saturated carbocycles. The normalized spacial score (nSPS) is 13.7. The molecule has 1 aromatic rings. The fraction of sp³-hybridized carbons (Fsp3) is 0.143. The molecule has 10 heavy (non-hydrogen) atoms. The molecule has 1 aliphatic heterocycles. The van der Waals surface area contributed by atoms with Gasteiger partial charge in [0.25, 0.3) is 0 Å². The lowest BCUT2D eigenvalue weighted by atomic mass is 10.2. The number of halogens is 1. The van der Waals surface area contributed by atoms with Gasteiger partial charge < -0.3 is 0 Å². The van der Waals surface area contributed by atoms with E-state index in [1.54, 1.807) is 0 Å². The van der Waals surface area contributed by atoms with Gasteiger partial charge in [-0.1, -0.05) is 22.0 Å². The molecule has 2 rings (SSSR count). The summed E-state index contributed by atoms with van der Waals surface area (Å²) in [6.45, 7) is 0.739. The first kappa shape index (κ1) is 6.04. The lowest BCUT2D eigenvalue weighted by molar-refractivity contribution is 1.04. The average Bonchev–Trinajstić information content (AvgIpc) is 2.33. The van der Waals surface area contributed by atoms with Crippen molar-refractivity contribution in [2.24, 2.45) is 10.2 Å². The van der Waals surface area contributed by atoms with E-state index in [1.165, 1.54) is 5.56 Å². The number of azo groups is 1.